The van der Waals surface area contributed by atoms with Crippen LogP contribution < -0.4 is 11.1 Å². The summed E-state index contributed by atoms with van der Waals surface area (Å²) in [6, 6.07) is 11.6. The maximum Gasteiger partial charge on any atom is 0.321 e. The van der Waals surface area contributed by atoms with Gasteiger partial charge in [-0.1, -0.05) is 76.6 Å². The van der Waals surface area contributed by atoms with Crippen LogP contribution in [-0.2, 0) is 34.2 Å². The van der Waals surface area contributed by atoms with Gasteiger partial charge < -0.3 is 26.0 Å². The number of nitrogens with two attached hydrogens (primary N) is 1. The molecule has 1 aliphatic rings. The van der Waals surface area contributed by atoms with Crippen molar-refractivity contribution in [2.75, 3.05) is 31.9 Å². The van der Waals surface area contributed by atoms with Crippen molar-refractivity contribution in [1.82, 2.24) is 24.4 Å². The Hall–Kier alpha value is -3.23. The van der Waals surface area contributed by atoms with Gasteiger partial charge in [0, 0.05) is 31.6 Å². The minimum absolute atomic E-state index is 0.0403. The molecular formula is C34H47ClN6O5S2. The minimum atomic E-state index is -4.09. The second-order valence-corrected chi connectivity index (χ2v) is 16.2. The van der Waals surface area contributed by atoms with Crippen molar-refractivity contribution in [2.45, 2.75) is 77.1 Å². The summed E-state index contributed by atoms with van der Waals surface area (Å²) < 4.78 is 28.9. The summed E-state index contributed by atoms with van der Waals surface area (Å²) in [6.07, 6.45) is -0.220. The molecule has 4 N–H and O–H groups in total. The molecule has 14 heteroatoms. The quantitative estimate of drug-likeness (QED) is 0.183. The van der Waals surface area contributed by atoms with Crippen LogP contribution in [0.1, 0.15) is 50.9 Å². The molecular weight excluding hydrogens is 672 g/mol. The van der Waals surface area contributed by atoms with Gasteiger partial charge in [0.05, 0.1) is 45.0 Å². The monoisotopic (exact) mass is 718 g/mol. The number of anilines is 1. The Bertz CT molecular complexity index is 1650. The van der Waals surface area contributed by atoms with E-state index >= 15 is 0 Å². The number of thiazole rings is 1. The van der Waals surface area contributed by atoms with Crippen molar-refractivity contribution in [3.8, 4) is 0 Å². The van der Waals surface area contributed by atoms with E-state index in [2.05, 4.69) is 10.3 Å². The first-order valence-electron chi connectivity index (χ1n) is 16.3. The van der Waals surface area contributed by atoms with E-state index in [-0.39, 0.29) is 53.0 Å². The average Bonchev–Trinajstić information content (AvgIpc) is 3.64. The zero-order chi connectivity index (χ0) is 35.2. The van der Waals surface area contributed by atoms with Crippen LogP contribution in [0, 0.1) is 11.8 Å². The Morgan fingerprint density at radius 3 is 2.44 bits per heavy atom. The lowest BCUT2D eigenvalue weighted by Gasteiger charge is -2.34. The molecule has 0 aliphatic carbocycles. The van der Waals surface area contributed by atoms with Crippen molar-refractivity contribution < 1.29 is 23.1 Å². The highest BCUT2D eigenvalue weighted by atomic mass is 35.5. The van der Waals surface area contributed by atoms with E-state index < -0.39 is 34.1 Å². The van der Waals surface area contributed by atoms with Gasteiger partial charge in [0.1, 0.15) is 6.04 Å². The number of urea groups is 1. The molecule has 3 amide bonds. The van der Waals surface area contributed by atoms with Crippen LogP contribution in [0.15, 0.2) is 58.8 Å². The van der Waals surface area contributed by atoms with Crippen LogP contribution in [-0.4, -0.2) is 88.9 Å². The number of hydrogen-bond acceptors (Lipinski definition) is 8. The van der Waals surface area contributed by atoms with Crippen molar-refractivity contribution >= 4 is 50.6 Å². The minimum Gasteiger partial charge on any atom is -0.397 e. The molecule has 262 valence electrons. The van der Waals surface area contributed by atoms with Gasteiger partial charge in [-0.15, -0.1) is 11.3 Å². The van der Waals surface area contributed by atoms with Gasteiger partial charge in [-0.3, -0.25) is 4.79 Å². The molecule has 1 fully saturated rings. The summed E-state index contributed by atoms with van der Waals surface area (Å²) in [5, 5.41) is 17.9. The number of aliphatic hydroxyl groups excluding tert-OH is 1. The largest absolute Gasteiger partial charge is 0.397 e. The Balaban J connectivity index is 1.57. The molecule has 3 aromatic rings. The number of halogens is 1. The summed E-state index contributed by atoms with van der Waals surface area (Å²) in [4.78, 5) is 35.5. The zero-order valence-electron chi connectivity index (χ0n) is 28.2. The summed E-state index contributed by atoms with van der Waals surface area (Å²) in [5.41, 5.74) is 7.74. The molecule has 2 heterocycles. The number of aromatic nitrogens is 1. The third kappa shape index (κ3) is 9.26. The first-order chi connectivity index (χ1) is 22.7. The molecule has 1 saturated heterocycles. The van der Waals surface area contributed by atoms with Crippen molar-refractivity contribution in [1.29, 1.82) is 0 Å². The number of carbonyl (C=O) groups excluding carboxylic acids is 2. The van der Waals surface area contributed by atoms with E-state index in [0.29, 0.717) is 19.6 Å². The molecule has 0 spiro atoms. The van der Waals surface area contributed by atoms with E-state index in [4.69, 9.17) is 17.3 Å². The highest BCUT2D eigenvalue weighted by Crippen LogP contribution is 2.26. The number of nitrogens with one attached hydrogen (secondary N) is 1. The van der Waals surface area contributed by atoms with Crippen LogP contribution in [0.25, 0.3) is 0 Å². The highest BCUT2D eigenvalue weighted by Gasteiger charge is 2.40. The second-order valence-electron chi connectivity index (χ2n) is 12.9. The number of hydrogen-bond donors (Lipinski definition) is 3. The van der Waals surface area contributed by atoms with E-state index in [0.717, 1.165) is 22.7 Å². The Labute approximate surface area is 293 Å². The summed E-state index contributed by atoms with van der Waals surface area (Å²) >= 11 is 7.62. The topological polar surface area (TPSA) is 149 Å². The maximum atomic E-state index is 14.1. The Morgan fingerprint density at radius 2 is 1.83 bits per heavy atom. The molecule has 0 bridgehead atoms. The fourth-order valence-corrected chi connectivity index (χ4v) is 8.37. The van der Waals surface area contributed by atoms with Crippen molar-refractivity contribution in [3.63, 3.8) is 0 Å². The molecule has 2 aromatic carbocycles. The molecule has 0 saturated carbocycles. The van der Waals surface area contributed by atoms with Crippen molar-refractivity contribution in [2.24, 2.45) is 11.8 Å². The van der Waals surface area contributed by atoms with Gasteiger partial charge in [-0.2, -0.15) is 4.31 Å². The number of amides is 3. The van der Waals surface area contributed by atoms with E-state index in [1.54, 1.807) is 21.1 Å². The smallest absolute Gasteiger partial charge is 0.321 e. The second kappa shape index (κ2) is 16.4. The first-order valence-corrected chi connectivity index (χ1v) is 19.0. The number of aryl methyl sites for hydroxylation is 1. The van der Waals surface area contributed by atoms with E-state index in [9.17, 15) is 23.1 Å². The normalized spacial score (nSPS) is 15.8. The van der Waals surface area contributed by atoms with Crippen LogP contribution in [0.3, 0.4) is 0 Å². The number of benzene rings is 2. The lowest BCUT2D eigenvalue weighted by molar-refractivity contribution is -0.128. The SMILES string of the molecule is CCc1nc(CN2CCN([C@H](C(=O)N[C@@H](Cc3ccccc3)[C@H](O)CN(CC(C)C)S(=O)(=O)c3ccc(Cl)c(N)c3)C(C)C)C2=O)cs1. The Kier molecular flexibility index (Phi) is 12.9. The molecule has 11 nitrogen and oxygen atoms in total. The maximum absolute atomic E-state index is 14.1. The fraction of sp³-hybridized carbons (Fsp3) is 0.500. The Morgan fingerprint density at radius 1 is 1.12 bits per heavy atom. The van der Waals surface area contributed by atoms with Gasteiger partial charge in [-0.05, 0) is 48.4 Å². The standard InChI is InChI=1S/C34H47ClN6O5S2/c1-6-31-37-25(21-47-31)19-39-14-15-41(34(39)44)32(23(4)5)33(43)38-29(16-24-10-8-7-9-11-24)30(42)20-40(18-22(2)3)48(45,46)26-12-13-27(35)28(36)17-26/h7-13,17,21-23,29-30,32,42H,6,14-16,18-20,36H2,1-5H3,(H,38,43)/t29-,30+,32-/m0/s1. The highest BCUT2D eigenvalue weighted by molar-refractivity contribution is 7.89. The molecule has 1 aromatic heterocycles. The number of rotatable bonds is 16. The number of carbonyl (C=O) groups is 2. The van der Waals surface area contributed by atoms with Gasteiger partial charge >= 0.3 is 6.03 Å². The third-order valence-electron chi connectivity index (χ3n) is 8.27. The van der Waals surface area contributed by atoms with Crippen LogP contribution in [0.5, 0.6) is 0 Å². The zero-order valence-corrected chi connectivity index (χ0v) is 30.6. The number of aliphatic hydroxyl groups is 1. The van der Waals surface area contributed by atoms with Gasteiger partial charge in [-0.25, -0.2) is 18.2 Å². The lowest BCUT2D eigenvalue weighted by atomic mass is 9.97. The molecule has 3 atom stereocenters. The van der Waals surface area contributed by atoms with Crippen LogP contribution >= 0.6 is 22.9 Å². The van der Waals surface area contributed by atoms with Gasteiger partial charge in [0.25, 0.3) is 0 Å². The summed E-state index contributed by atoms with van der Waals surface area (Å²) in [7, 11) is -4.09. The van der Waals surface area contributed by atoms with Gasteiger partial charge in [0.15, 0.2) is 0 Å². The number of nitrogen functional groups attached to an aromatic ring is 1. The predicted octanol–water partition coefficient (Wildman–Crippen LogP) is 4.64. The number of sulfonamides is 1. The van der Waals surface area contributed by atoms with Gasteiger partial charge in [0.2, 0.25) is 15.9 Å². The van der Waals surface area contributed by atoms with Crippen LogP contribution in [0.4, 0.5) is 10.5 Å². The molecule has 48 heavy (non-hydrogen) atoms. The van der Waals surface area contributed by atoms with Crippen molar-refractivity contribution in [3.05, 3.63) is 75.2 Å². The molecule has 0 radical (unpaired) electrons. The van der Waals surface area contributed by atoms with E-state index in [1.807, 2.05) is 70.3 Å². The number of nitrogens with zero attached hydrogens (tertiary/aromatic N) is 4. The average molecular weight is 719 g/mol. The van der Waals surface area contributed by atoms with Crippen LogP contribution in [0.2, 0.25) is 5.02 Å². The molecule has 1 aliphatic heterocycles. The predicted molar refractivity (Wildman–Crippen MR) is 190 cm³/mol. The summed E-state index contributed by atoms with van der Waals surface area (Å²) in [5.74, 6) is -0.709. The summed E-state index contributed by atoms with van der Waals surface area (Å²) in [6.45, 7) is 10.6. The van der Waals surface area contributed by atoms with E-state index in [1.165, 1.54) is 22.5 Å². The first kappa shape index (κ1) is 37.6. The molecule has 0 unspecified atom stereocenters. The third-order valence-corrected chi connectivity index (χ3v) is 11.5. The fourth-order valence-electron chi connectivity index (χ4n) is 5.85. The molecule has 4 rings (SSSR count). The lowest BCUT2D eigenvalue weighted by Crippen LogP contribution is -2.57.